The fourth-order valence-electron chi connectivity index (χ4n) is 1.06. The van der Waals surface area contributed by atoms with Crippen LogP contribution in [0, 0.1) is 5.92 Å². The van der Waals surface area contributed by atoms with Crippen LogP contribution in [0.15, 0.2) is 11.6 Å². The highest BCUT2D eigenvalue weighted by Crippen LogP contribution is 2.36. The first kappa shape index (κ1) is 16.4. The van der Waals surface area contributed by atoms with Crippen molar-refractivity contribution in [3.8, 4) is 0 Å². The van der Waals surface area contributed by atoms with E-state index in [1.165, 1.54) is 0 Å². The van der Waals surface area contributed by atoms with Crippen LogP contribution in [0.5, 0.6) is 0 Å². The molecule has 4 heteroatoms. The van der Waals surface area contributed by atoms with Crippen molar-refractivity contribution in [1.29, 1.82) is 0 Å². The highest BCUT2D eigenvalue weighted by atomic mass is 28.4. The number of carboxylic acids is 1. The quantitative estimate of drug-likeness (QED) is 0.604. The molecule has 0 aromatic carbocycles. The van der Waals surface area contributed by atoms with Gasteiger partial charge in [0.15, 0.2) is 8.32 Å². The summed E-state index contributed by atoms with van der Waals surface area (Å²) in [5, 5.41) is 9.00. The summed E-state index contributed by atoms with van der Waals surface area (Å²) in [5.41, 5.74) is 0.990. The monoisotopic (exact) mass is 258 g/mol. The number of hydrogen-bond donors (Lipinski definition) is 1. The van der Waals surface area contributed by atoms with Gasteiger partial charge in [-0.1, -0.05) is 32.4 Å². The summed E-state index contributed by atoms with van der Waals surface area (Å²) in [7, 11) is -1.73. The van der Waals surface area contributed by atoms with Gasteiger partial charge in [0.2, 0.25) is 0 Å². The molecule has 0 aliphatic heterocycles. The maximum Gasteiger partial charge on any atom is 0.310 e. The van der Waals surface area contributed by atoms with Crippen molar-refractivity contribution in [3.05, 3.63) is 11.6 Å². The lowest BCUT2D eigenvalue weighted by atomic mass is 10.1. The lowest BCUT2D eigenvalue weighted by Crippen LogP contribution is -2.41. The first-order chi connectivity index (χ1) is 7.47. The summed E-state index contributed by atoms with van der Waals surface area (Å²) in [6, 6.07) is 0. The van der Waals surface area contributed by atoms with E-state index < -0.39 is 20.2 Å². The zero-order chi connectivity index (χ0) is 13.9. The molecule has 0 aliphatic rings. The second-order valence-electron chi connectivity index (χ2n) is 6.19. The van der Waals surface area contributed by atoms with Gasteiger partial charge in [-0.25, -0.2) is 0 Å². The van der Waals surface area contributed by atoms with Crippen LogP contribution in [0.2, 0.25) is 18.1 Å². The highest BCUT2D eigenvalue weighted by Gasteiger charge is 2.36. The van der Waals surface area contributed by atoms with Crippen LogP contribution < -0.4 is 0 Å². The van der Waals surface area contributed by atoms with Gasteiger partial charge in [0.1, 0.15) is 0 Å². The minimum absolute atomic E-state index is 0.186. The van der Waals surface area contributed by atoms with Crippen LogP contribution in [-0.2, 0) is 9.22 Å². The first-order valence-corrected chi connectivity index (χ1v) is 8.92. The molecule has 0 aliphatic carbocycles. The van der Waals surface area contributed by atoms with Crippen LogP contribution in [0.25, 0.3) is 0 Å². The average Bonchev–Trinajstić information content (AvgIpc) is 2.12. The third kappa shape index (κ3) is 5.50. The molecule has 0 rings (SSSR count). The van der Waals surface area contributed by atoms with E-state index in [9.17, 15) is 4.79 Å². The topological polar surface area (TPSA) is 46.5 Å². The molecule has 0 fully saturated rings. The molecule has 0 spiro atoms. The zero-order valence-electron chi connectivity index (χ0n) is 12.1. The van der Waals surface area contributed by atoms with Gasteiger partial charge < -0.3 is 9.53 Å². The lowest BCUT2D eigenvalue weighted by molar-refractivity contribution is -0.139. The maximum atomic E-state index is 10.7. The number of carbonyl (C=O) groups is 1. The fraction of sp³-hybridized carbons (Fsp3) is 0.769. The predicted molar refractivity (Wildman–Crippen MR) is 73.7 cm³/mol. The summed E-state index contributed by atoms with van der Waals surface area (Å²) in [6.07, 6.45) is 1.76. The van der Waals surface area contributed by atoms with E-state index in [-0.39, 0.29) is 5.04 Å². The summed E-state index contributed by atoms with van der Waals surface area (Å²) in [6.45, 7) is 15.1. The van der Waals surface area contributed by atoms with Gasteiger partial charge in [0.25, 0.3) is 0 Å². The van der Waals surface area contributed by atoms with Crippen molar-refractivity contribution in [2.45, 2.75) is 52.8 Å². The van der Waals surface area contributed by atoms with Gasteiger partial charge in [-0.3, -0.25) is 4.79 Å². The second kappa shape index (κ2) is 5.82. The Bertz CT molecular complexity index is 300. The van der Waals surface area contributed by atoms with Crippen LogP contribution in [0.1, 0.15) is 34.6 Å². The normalized spacial score (nSPS) is 15.8. The maximum absolute atomic E-state index is 10.7. The third-order valence-corrected chi connectivity index (χ3v) is 7.87. The van der Waals surface area contributed by atoms with E-state index in [2.05, 4.69) is 33.9 Å². The van der Waals surface area contributed by atoms with Gasteiger partial charge in [-0.15, -0.1) is 0 Å². The molecular weight excluding hydrogens is 232 g/mol. The SMILES string of the molecule is C/C(=C\C(C)C(=O)O)CO[Si](C)(C)C(C)(C)C. The minimum Gasteiger partial charge on any atom is -0.481 e. The van der Waals surface area contributed by atoms with Gasteiger partial charge in [0.05, 0.1) is 12.5 Å². The van der Waals surface area contributed by atoms with E-state index >= 15 is 0 Å². The smallest absolute Gasteiger partial charge is 0.310 e. The second-order valence-corrected chi connectivity index (χ2v) is 11.0. The molecule has 3 nitrogen and oxygen atoms in total. The molecule has 0 aromatic rings. The van der Waals surface area contributed by atoms with Crippen molar-refractivity contribution < 1.29 is 14.3 Å². The minimum atomic E-state index is -1.73. The Balaban J connectivity index is 4.44. The summed E-state index contributed by atoms with van der Waals surface area (Å²) in [5.74, 6) is -1.24. The van der Waals surface area contributed by atoms with E-state index in [0.717, 1.165) is 5.57 Å². The van der Waals surface area contributed by atoms with Gasteiger partial charge in [0, 0.05) is 0 Å². The Hall–Kier alpha value is -0.613. The predicted octanol–water partition coefficient (Wildman–Crippen LogP) is 3.68. The zero-order valence-corrected chi connectivity index (χ0v) is 13.1. The van der Waals surface area contributed by atoms with E-state index in [4.69, 9.17) is 9.53 Å². The van der Waals surface area contributed by atoms with Crippen molar-refractivity contribution in [3.63, 3.8) is 0 Å². The largest absolute Gasteiger partial charge is 0.481 e. The molecule has 1 N–H and O–H groups in total. The molecule has 0 amide bonds. The molecule has 1 atom stereocenters. The Morgan fingerprint density at radius 1 is 1.41 bits per heavy atom. The number of hydrogen-bond acceptors (Lipinski definition) is 2. The fourth-order valence-corrected chi connectivity index (χ4v) is 2.08. The van der Waals surface area contributed by atoms with Crippen molar-refractivity contribution in [2.75, 3.05) is 6.61 Å². The molecular formula is C13H26O3Si. The number of carboxylic acid groups (broad SMARTS) is 1. The molecule has 0 radical (unpaired) electrons. The molecule has 0 saturated carbocycles. The summed E-state index contributed by atoms with van der Waals surface area (Å²) < 4.78 is 6.01. The third-order valence-electron chi connectivity index (χ3n) is 3.39. The molecule has 0 bridgehead atoms. The van der Waals surface area contributed by atoms with Crippen LogP contribution in [0.4, 0.5) is 0 Å². The molecule has 100 valence electrons. The summed E-state index contributed by atoms with van der Waals surface area (Å²) in [4.78, 5) is 10.7. The van der Waals surface area contributed by atoms with E-state index in [0.29, 0.717) is 6.61 Å². The van der Waals surface area contributed by atoms with Crippen LogP contribution in [-0.4, -0.2) is 26.0 Å². The highest BCUT2D eigenvalue weighted by molar-refractivity contribution is 6.74. The van der Waals surface area contributed by atoms with Crippen LogP contribution >= 0.6 is 0 Å². The van der Waals surface area contributed by atoms with Crippen molar-refractivity contribution >= 4 is 14.3 Å². The Kier molecular flexibility index (Phi) is 5.61. The summed E-state index contributed by atoms with van der Waals surface area (Å²) >= 11 is 0. The van der Waals surface area contributed by atoms with E-state index in [1.807, 2.05) is 6.92 Å². The van der Waals surface area contributed by atoms with Crippen molar-refractivity contribution in [2.24, 2.45) is 5.92 Å². The Morgan fingerprint density at radius 3 is 2.24 bits per heavy atom. The molecule has 0 aromatic heterocycles. The van der Waals surface area contributed by atoms with Gasteiger partial charge in [-0.2, -0.15) is 0 Å². The molecule has 1 unspecified atom stereocenters. The molecule has 0 saturated heterocycles. The first-order valence-electron chi connectivity index (χ1n) is 6.01. The lowest BCUT2D eigenvalue weighted by Gasteiger charge is -2.36. The van der Waals surface area contributed by atoms with Gasteiger partial charge >= 0.3 is 5.97 Å². The van der Waals surface area contributed by atoms with E-state index in [1.54, 1.807) is 13.0 Å². The Labute approximate surface area is 106 Å². The van der Waals surface area contributed by atoms with Crippen molar-refractivity contribution in [1.82, 2.24) is 0 Å². The average molecular weight is 258 g/mol. The number of aliphatic carboxylic acids is 1. The Morgan fingerprint density at radius 2 is 1.88 bits per heavy atom. The number of rotatable bonds is 5. The molecule has 17 heavy (non-hydrogen) atoms. The standard InChI is InChI=1S/C13H26O3Si/c1-10(8-11(2)12(14)15)9-16-17(6,7)13(3,4)5/h8,11H,9H2,1-7H3,(H,14,15)/b10-8+. The van der Waals surface area contributed by atoms with Gasteiger partial charge in [-0.05, 0) is 32.0 Å². The molecule has 0 heterocycles. The van der Waals surface area contributed by atoms with Crippen LogP contribution in [0.3, 0.4) is 0 Å².